The molecule has 3 rings (SSSR count). The fourth-order valence-corrected chi connectivity index (χ4v) is 3.00. The minimum absolute atomic E-state index is 0.0129. The predicted octanol–water partition coefficient (Wildman–Crippen LogP) is 3.34. The van der Waals surface area contributed by atoms with Crippen LogP contribution in [0.5, 0.6) is 0 Å². The molecule has 0 aliphatic heterocycles. The summed E-state index contributed by atoms with van der Waals surface area (Å²) in [7, 11) is 0. The monoisotopic (exact) mass is 322 g/mol. The number of rotatable bonds is 4. The zero-order chi connectivity index (χ0) is 16.9. The first-order valence-electron chi connectivity index (χ1n) is 8.33. The van der Waals surface area contributed by atoms with Gasteiger partial charge < -0.3 is 11.1 Å². The Morgan fingerprint density at radius 1 is 1.25 bits per heavy atom. The molecule has 0 saturated carbocycles. The Morgan fingerprint density at radius 2 is 2.04 bits per heavy atom. The van der Waals surface area contributed by atoms with Crippen molar-refractivity contribution in [2.75, 3.05) is 5.73 Å². The van der Waals surface area contributed by atoms with Crippen molar-refractivity contribution < 1.29 is 4.79 Å². The summed E-state index contributed by atoms with van der Waals surface area (Å²) < 4.78 is 0. The summed E-state index contributed by atoms with van der Waals surface area (Å²) >= 11 is 0. The number of hydrogen-bond acceptors (Lipinski definition) is 4. The van der Waals surface area contributed by atoms with Gasteiger partial charge in [-0.05, 0) is 32.6 Å². The summed E-state index contributed by atoms with van der Waals surface area (Å²) in [6, 6.07) is 9.57. The number of nitrogens with one attached hydrogen (secondary N) is 1. The first-order chi connectivity index (χ1) is 11.6. The average Bonchev–Trinajstić information content (AvgIpc) is 2.63. The Labute approximate surface area is 142 Å². The highest BCUT2D eigenvalue weighted by Crippen LogP contribution is 2.23. The van der Waals surface area contributed by atoms with Crippen LogP contribution in [0.4, 0.5) is 5.95 Å². The maximum absolute atomic E-state index is 12.7. The van der Waals surface area contributed by atoms with Crippen molar-refractivity contribution in [3.05, 3.63) is 53.7 Å². The van der Waals surface area contributed by atoms with Gasteiger partial charge in [0.25, 0.3) is 5.91 Å². The second-order valence-electron chi connectivity index (χ2n) is 6.08. The highest BCUT2D eigenvalue weighted by atomic mass is 16.1. The second kappa shape index (κ2) is 7.25. The highest BCUT2D eigenvalue weighted by Gasteiger charge is 2.19. The zero-order valence-corrected chi connectivity index (χ0v) is 13.8. The lowest BCUT2D eigenvalue weighted by molar-refractivity contribution is 0.0944. The zero-order valence-electron chi connectivity index (χ0n) is 13.8. The Bertz CT molecular complexity index is 755. The number of benzene rings is 1. The van der Waals surface area contributed by atoms with Crippen LogP contribution >= 0.6 is 0 Å². The Kier molecular flexibility index (Phi) is 4.89. The third-order valence-electron chi connectivity index (χ3n) is 4.33. The second-order valence-corrected chi connectivity index (χ2v) is 6.08. The van der Waals surface area contributed by atoms with Crippen molar-refractivity contribution in [3.63, 3.8) is 0 Å². The molecule has 2 aromatic rings. The van der Waals surface area contributed by atoms with Crippen LogP contribution in [-0.2, 0) is 0 Å². The van der Waals surface area contributed by atoms with Crippen LogP contribution in [0.3, 0.4) is 0 Å². The molecule has 1 heterocycles. The number of aromatic nitrogens is 2. The van der Waals surface area contributed by atoms with E-state index in [-0.39, 0.29) is 17.9 Å². The molecule has 1 aliphatic carbocycles. The fourth-order valence-electron chi connectivity index (χ4n) is 3.00. The lowest BCUT2D eigenvalue weighted by atomic mass is 9.94. The van der Waals surface area contributed by atoms with Crippen LogP contribution in [0.2, 0.25) is 0 Å². The van der Waals surface area contributed by atoms with Crippen molar-refractivity contribution in [3.8, 4) is 11.3 Å². The van der Waals surface area contributed by atoms with Crippen molar-refractivity contribution >= 4 is 11.9 Å². The van der Waals surface area contributed by atoms with Gasteiger partial charge >= 0.3 is 0 Å². The van der Waals surface area contributed by atoms with Gasteiger partial charge in [-0.2, -0.15) is 0 Å². The third kappa shape index (κ3) is 3.62. The summed E-state index contributed by atoms with van der Waals surface area (Å²) in [4.78, 5) is 21.0. The van der Waals surface area contributed by atoms with Crippen LogP contribution in [0.15, 0.2) is 48.2 Å². The fraction of sp³-hybridized carbons (Fsp3) is 0.316. The molecule has 1 aliphatic rings. The lowest BCUT2D eigenvalue weighted by Gasteiger charge is -2.21. The molecule has 0 radical (unpaired) electrons. The molecule has 24 heavy (non-hydrogen) atoms. The smallest absolute Gasteiger partial charge is 0.255 e. The largest absolute Gasteiger partial charge is 0.368 e. The van der Waals surface area contributed by atoms with Crippen LogP contribution in [0, 0.1) is 0 Å². The lowest BCUT2D eigenvalue weighted by Crippen LogP contribution is -2.35. The van der Waals surface area contributed by atoms with Gasteiger partial charge in [-0.15, -0.1) is 0 Å². The van der Waals surface area contributed by atoms with Crippen LogP contribution in [-0.4, -0.2) is 21.9 Å². The van der Waals surface area contributed by atoms with Crippen LogP contribution in [0.25, 0.3) is 11.3 Å². The van der Waals surface area contributed by atoms with E-state index in [1.807, 2.05) is 37.3 Å². The van der Waals surface area contributed by atoms with E-state index in [0.29, 0.717) is 11.3 Å². The molecule has 5 nitrogen and oxygen atoms in total. The Balaban J connectivity index is 1.86. The first kappa shape index (κ1) is 16.2. The highest BCUT2D eigenvalue weighted by molar-refractivity contribution is 6.00. The molecule has 1 atom stereocenters. The average molecular weight is 322 g/mol. The molecule has 1 aromatic heterocycles. The SMILES string of the molecule is CC(NC(=O)c1cnc(N)nc1-c1ccccc1)C1=CCCCC1. The molecule has 124 valence electrons. The van der Waals surface area contributed by atoms with Crippen molar-refractivity contribution in [2.45, 2.75) is 38.6 Å². The molecule has 3 N–H and O–H groups in total. The number of hydrogen-bond donors (Lipinski definition) is 2. The van der Waals surface area contributed by atoms with E-state index in [4.69, 9.17) is 5.73 Å². The molecule has 0 saturated heterocycles. The van der Waals surface area contributed by atoms with Gasteiger partial charge in [-0.1, -0.05) is 42.0 Å². The van der Waals surface area contributed by atoms with Gasteiger partial charge in [0.2, 0.25) is 5.95 Å². The van der Waals surface area contributed by atoms with E-state index in [9.17, 15) is 4.79 Å². The van der Waals surface area contributed by atoms with E-state index < -0.39 is 0 Å². The van der Waals surface area contributed by atoms with E-state index in [1.54, 1.807) is 0 Å². The maximum atomic E-state index is 12.7. The number of anilines is 1. The molecule has 1 amide bonds. The van der Waals surface area contributed by atoms with Crippen molar-refractivity contribution in [1.29, 1.82) is 0 Å². The maximum Gasteiger partial charge on any atom is 0.255 e. The molecular formula is C19H22N4O. The van der Waals surface area contributed by atoms with Gasteiger partial charge in [0.1, 0.15) is 0 Å². The molecule has 5 heteroatoms. The van der Waals surface area contributed by atoms with Gasteiger partial charge in [0.05, 0.1) is 11.3 Å². The number of allylic oxidation sites excluding steroid dienone is 1. The topological polar surface area (TPSA) is 80.9 Å². The summed E-state index contributed by atoms with van der Waals surface area (Å²) in [5.74, 6) is -0.0127. The van der Waals surface area contributed by atoms with E-state index >= 15 is 0 Å². The predicted molar refractivity (Wildman–Crippen MR) is 95.4 cm³/mol. The quantitative estimate of drug-likeness (QED) is 0.846. The number of nitrogen functional groups attached to an aromatic ring is 1. The molecule has 0 fully saturated rings. The molecule has 0 spiro atoms. The third-order valence-corrected chi connectivity index (χ3v) is 4.33. The van der Waals surface area contributed by atoms with Gasteiger partial charge in [0.15, 0.2) is 0 Å². The summed E-state index contributed by atoms with van der Waals surface area (Å²) in [5, 5.41) is 3.07. The minimum Gasteiger partial charge on any atom is -0.368 e. The Morgan fingerprint density at radius 3 is 2.75 bits per heavy atom. The van der Waals surface area contributed by atoms with E-state index in [1.165, 1.54) is 24.6 Å². The van der Waals surface area contributed by atoms with Gasteiger partial charge in [0, 0.05) is 17.8 Å². The number of carbonyl (C=O) groups excluding carboxylic acids is 1. The van der Waals surface area contributed by atoms with E-state index in [0.717, 1.165) is 18.4 Å². The van der Waals surface area contributed by atoms with Crippen molar-refractivity contribution in [1.82, 2.24) is 15.3 Å². The molecule has 1 unspecified atom stereocenters. The summed E-state index contributed by atoms with van der Waals surface area (Å²) in [6.45, 7) is 2.02. The number of carbonyl (C=O) groups is 1. The van der Waals surface area contributed by atoms with Crippen LogP contribution in [0.1, 0.15) is 43.0 Å². The minimum atomic E-state index is -0.173. The van der Waals surface area contributed by atoms with E-state index in [2.05, 4.69) is 21.4 Å². The van der Waals surface area contributed by atoms with Gasteiger partial charge in [-0.25, -0.2) is 9.97 Å². The van der Waals surface area contributed by atoms with Gasteiger partial charge in [-0.3, -0.25) is 4.79 Å². The molecule has 1 aromatic carbocycles. The normalized spacial score (nSPS) is 15.5. The van der Waals surface area contributed by atoms with Crippen molar-refractivity contribution in [2.24, 2.45) is 0 Å². The molecule has 0 bridgehead atoms. The summed E-state index contributed by atoms with van der Waals surface area (Å²) in [6.07, 6.45) is 8.30. The standard InChI is InChI=1S/C19H22N4O/c1-13(14-8-4-2-5-9-14)22-18(24)16-12-21-19(20)23-17(16)15-10-6-3-7-11-15/h3,6-8,10-13H,2,4-5,9H2,1H3,(H,22,24)(H2,20,21,23). The molecular weight excluding hydrogens is 300 g/mol. The number of amides is 1. The van der Waals surface area contributed by atoms with Crippen LogP contribution < -0.4 is 11.1 Å². The number of nitrogens with zero attached hydrogens (tertiary/aromatic N) is 2. The summed E-state index contributed by atoms with van der Waals surface area (Å²) in [5.41, 5.74) is 8.87. The number of nitrogens with two attached hydrogens (primary N) is 1. The Hall–Kier alpha value is -2.69. The first-order valence-corrected chi connectivity index (χ1v) is 8.33.